The van der Waals surface area contributed by atoms with E-state index in [1.54, 1.807) is 43.7 Å². The Labute approximate surface area is 127 Å². The third-order valence-electron chi connectivity index (χ3n) is 3.69. The standard InChI is InChI=1S/C15H16N4O3/c1-11-2-8-17-15(14(11)19(20)21)18-9-5-13(10-18)22-12-3-6-16-7-4-12/h2-4,6-8,13H,5,9-10H2,1H3. The molecule has 0 saturated carbocycles. The predicted molar refractivity (Wildman–Crippen MR) is 81.1 cm³/mol. The van der Waals surface area contributed by atoms with E-state index < -0.39 is 0 Å². The van der Waals surface area contributed by atoms with E-state index in [1.807, 2.05) is 4.90 Å². The molecule has 0 aliphatic carbocycles. The van der Waals surface area contributed by atoms with Crippen LogP contribution in [-0.2, 0) is 0 Å². The Hall–Kier alpha value is -2.70. The van der Waals surface area contributed by atoms with Gasteiger partial charge in [0, 0.05) is 37.1 Å². The number of anilines is 1. The number of pyridine rings is 2. The zero-order chi connectivity index (χ0) is 15.5. The molecule has 0 spiro atoms. The second-order valence-corrected chi connectivity index (χ2v) is 5.21. The van der Waals surface area contributed by atoms with Crippen LogP contribution in [0.5, 0.6) is 5.75 Å². The van der Waals surface area contributed by atoms with Crippen LogP contribution in [0.15, 0.2) is 36.8 Å². The number of ether oxygens (including phenoxy) is 1. The van der Waals surface area contributed by atoms with Crippen molar-refractivity contribution in [1.29, 1.82) is 0 Å². The number of hydrogen-bond acceptors (Lipinski definition) is 6. The number of hydrogen-bond donors (Lipinski definition) is 0. The first-order valence-electron chi connectivity index (χ1n) is 7.07. The van der Waals surface area contributed by atoms with Crippen LogP contribution in [0.4, 0.5) is 11.5 Å². The molecule has 7 nitrogen and oxygen atoms in total. The molecule has 2 aromatic heterocycles. The Morgan fingerprint density at radius 2 is 2.09 bits per heavy atom. The number of aromatic nitrogens is 2. The fourth-order valence-electron chi connectivity index (χ4n) is 2.62. The summed E-state index contributed by atoms with van der Waals surface area (Å²) >= 11 is 0. The van der Waals surface area contributed by atoms with E-state index in [-0.39, 0.29) is 16.7 Å². The highest BCUT2D eigenvalue weighted by Crippen LogP contribution is 2.31. The van der Waals surface area contributed by atoms with Crippen molar-refractivity contribution in [2.24, 2.45) is 0 Å². The number of aryl methyl sites for hydroxylation is 1. The smallest absolute Gasteiger partial charge is 0.314 e. The van der Waals surface area contributed by atoms with Gasteiger partial charge in [-0.05, 0) is 25.1 Å². The summed E-state index contributed by atoms with van der Waals surface area (Å²) in [4.78, 5) is 21.0. The second kappa shape index (κ2) is 5.97. The molecule has 0 radical (unpaired) electrons. The summed E-state index contributed by atoms with van der Waals surface area (Å²) < 4.78 is 5.88. The van der Waals surface area contributed by atoms with Gasteiger partial charge in [-0.1, -0.05) is 0 Å². The van der Waals surface area contributed by atoms with Gasteiger partial charge in [-0.3, -0.25) is 15.1 Å². The lowest BCUT2D eigenvalue weighted by Crippen LogP contribution is -2.26. The van der Waals surface area contributed by atoms with Gasteiger partial charge in [0.25, 0.3) is 0 Å². The van der Waals surface area contributed by atoms with E-state index >= 15 is 0 Å². The maximum Gasteiger partial charge on any atom is 0.314 e. The van der Waals surface area contributed by atoms with Crippen molar-refractivity contribution in [1.82, 2.24) is 9.97 Å². The third-order valence-corrected chi connectivity index (χ3v) is 3.69. The first kappa shape index (κ1) is 14.2. The Bertz CT molecular complexity index is 678. The van der Waals surface area contributed by atoms with Gasteiger partial charge in [-0.25, -0.2) is 4.98 Å². The fraction of sp³-hybridized carbons (Fsp3) is 0.333. The molecule has 3 heterocycles. The van der Waals surface area contributed by atoms with Crippen molar-refractivity contribution < 1.29 is 9.66 Å². The lowest BCUT2D eigenvalue weighted by Gasteiger charge is -2.18. The summed E-state index contributed by atoms with van der Waals surface area (Å²) in [7, 11) is 0. The largest absolute Gasteiger partial charge is 0.488 e. The highest BCUT2D eigenvalue weighted by molar-refractivity contribution is 5.62. The zero-order valence-electron chi connectivity index (χ0n) is 12.2. The molecule has 1 unspecified atom stereocenters. The minimum atomic E-state index is -0.366. The van der Waals surface area contributed by atoms with Gasteiger partial charge >= 0.3 is 5.69 Å². The first-order chi connectivity index (χ1) is 10.6. The van der Waals surface area contributed by atoms with Crippen LogP contribution < -0.4 is 9.64 Å². The lowest BCUT2D eigenvalue weighted by atomic mass is 10.2. The Kier molecular flexibility index (Phi) is 3.86. The second-order valence-electron chi connectivity index (χ2n) is 5.21. The van der Waals surface area contributed by atoms with Gasteiger partial charge in [0.15, 0.2) is 0 Å². The molecule has 0 N–H and O–H groups in total. The minimum Gasteiger partial charge on any atom is -0.488 e. The van der Waals surface area contributed by atoms with Crippen molar-refractivity contribution in [2.45, 2.75) is 19.4 Å². The summed E-state index contributed by atoms with van der Waals surface area (Å²) in [5, 5.41) is 11.3. The quantitative estimate of drug-likeness (QED) is 0.637. The van der Waals surface area contributed by atoms with Gasteiger partial charge in [0.1, 0.15) is 11.9 Å². The molecule has 1 saturated heterocycles. The van der Waals surface area contributed by atoms with Crippen LogP contribution in [-0.4, -0.2) is 34.1 Å². The van der Waals surface area contributed by atoms with Crippen molar-refractivity contribution in [2.75, 3.05) is 18.0 Å². The van der Waals surface area contributed by atoms with Crippen molar-refractivity contribution in [3.8, 4) is 5.75 Å². The Morgan fingerprint density at radius 1 is 1.32 bits per heavy atom. The van der Waals surface area contributed by atoms with E-state index in [1.165, 1.54) is 0 Å². The molecular formula is C15H16N4O3. The molecular weight excluding hydrogens is 284 g/mol. The highest BCUT2D eigenvalue weighted by atomic mass is 16.6. The fourth-order valence-corrected chi connectivity index (χ4v) is 2.62. The van der Waals surface area contributed by atoms with Crippen molar-refractivity contribution in [3.63, 3.8) is 0 Å². The molecule has 2 aromatic rings. The third kappa shape index (κ3) is 2.83. The normalized spacial score (nSPS) is 17.5. The summed E-state index contributed by atoms with van der Waals surface area (Å²) in [6.07, 6.45) is 5.75. The molecule has 3 rings (SSSR count). The van der Waals surface area contributed by atoms with Crippen LogP contribution in [0.3, 0.4) is 0 Å². The lowest BCUT2D eigenvalue weighted by molar-refractivity contribution is -0.384. The van der Waals surface area contributed by atoms with Crippen LogP contribution in [0.2, 0.25) is 0 Å². The van der Waals surface area contributed by atoms with Crippen LogP contribution >= 0.6 is 0 Å². The maximum atomic E-state index is 11.3. The van der Waals surface area contributed by atoms with Gasteiger partial charge < -0.3 is 9.64 Å². The number of nitrogens with zero attached hydrogens (tertiary/aromatic N) is 4. The molecule has 114 valence electrons. The van der Waals surface area contributed by atoms with Gasteiger partial charge in [0.05, 0.1) is 11.5 Å². The molecule has 1 aliphatic rings. The summed E-state index contributed by atoms with van der Waals surface area (Å²) in [6, 6.07) is 5.26. The summed E-state index contributed by atoms with van der Waals surface area (Å²) in [6.45, 7) is 3.00. The molecule has 1 atom stereocenters. The van der Waals surface area contributed by atoms with Gasteiger partial charge in [0.2, 0.25) is 5.82 Å². The topological polar surface area (TPSA) is 81.4 Å². The molecule has 1 fully saturated rings. The monoisotopic (exact) mass is 300 g/mol. The predicted octanol–water partition coefficient (Wildman–Crippen LogP) is 2.35. The average Bonchev–Trinajstić information content (AvgIpc) is 2.96. The summed E-state index contributed by atoms with van der Waals surface area (Å²) in [5.74, 6) is 1.18. The Morgan fingerprint density at radius 3 is 2.82 bits per heavy atom. The molecule has 22 heavy (non-hydrogen) atoms. The first-order valence-corrected chi connectivity index (χ1v) is 7.07. The number of rotatable bonds is 4. The van der Waals surface area contributed by atoms with Gasteiger partial charge in [-0.15, -0.1) is 0 Å². The molecule has 1 aliphatic heterocycles. The molecule has 0 aromatic carbocycles. The maximum absolute atomic E-state index is 11.3. The van der Waals surface area contributed by atoms with E-state index in [4.69, 9.17) is 4.74 Å². The van der Waals surface area contributed by atoms with Crippen molar-refractivity contribution >= 4 is 11.5 Å². The zero-order valence-corrected chi connectivity index (χ0v) is 12.2. The van der Waals surface area contributed by atoms with Crippen LogP contribution in [0.25, 0.3) is 0 Å². The van der Waals surface area contributed by atoms with E-state index in [0.717, 1.165) is 12.2 Å². The molecule has 7 heteroatoms. The highest BCUT2D eigenvalue weighted by Gasteiger charge is 2.30. The summed E-state index contributed by atoms with van der Waals surface area (Å²) in [5.41, 5.74) is 0.695. The van der Waals surface area contributed by atoms with Crippen LogP contribution in [0.1, 0.15) is 12.0 Å². The SMILES string of the molecule is Cc1ccnc(N2CCC(Oc3ccncc3)C2)c1[N+](=O)[O-]. The Balaban J connectivity index is 1.76. The van der Waals surface area contributed by atoms with Crippen molar-refractivity contribution in [3.05, 3.63) is 52.5 Å². The van der Waals surface area contributed by atoms with E-state index in [0.29, 0.717) is 24.5 Å². The minimum absolute atomic E-state index is 0.00989. The molecule has 0 bridgehead atoms. The average molecular weight is 300 g/mol. The van der Waals surface area contributed by atoms with Crippen LogP contribution in [0, 0.1) is 17.0 Å². The molecule has 0 amide bonds. The van der Waals surface area contributed by atoms with E-state index in [2.05, 4.69) is 9.97 Å². The van der Waals surface area contributed by atoms with E-state index in [9.17, 15) is 10.1 Å². The number of nitro groups is 1. The van der Waals surface area contributed by atoms with Gasteiger partial charge in [-0.2, -0.15) is 0 Å².